The van der Waals surface area contributed by atoms with Crippen LogP contribution in [0, 0.1) is 5.92 Å². The highest BCUT2D eigenvalue weighted by Gasteiger charge is 2.33. The average Bonchev–Trinajstić information content (AvgIpc) is 2.83. The molecule has 0 aliphatic carbocycles. The van der Waals surface area contributed by atoms with E-state index in [1.807, 2.05) is 6.92 Å². The zero-order chi connectivity index (χ0) is 28.3. The number of aliphatic hydroxyl groups is 1. The number of amides is 3. The van der Waals surface area contributed by atoms with Crippen LogP contribution in [0.15, 0.2) is 24.3 Å². The Bertz CT molecular complexity index is 952. The van der Waals surface area contributed by atoms with Gasteiger partial charge in [0, 0.05) is 12.8 Å². The zero-order valence-electron chi connectivity index (χ0n) is 21.0. The predicted octanol–water partition coefficient (Wildman–Crippen LogP) is -0.907. The van der Waals surface area contributed by atoms with Crippen LogP contribution in [-0.4, -0.2) is 80.4 Å². The fraction of sp³-hybridized carbons (Fsp3) is 0.542. The molecule has 0 saturated heterocycles. The van der Waals surface area contributed by atoms with Crippen molar-refractivity contribution in [1.82, 2.24) is 16.0 Å². The van der Waals surface area contributed by atoms with Gasteiger partial charge in [-0.3, -0.25) is 19.2 Å². The van der Waals surface area contributed by atoms with Crippen LogP contribution >= 0.6 is 0 Å². The fourth-order valence-electron chi connectivity index (χ4n) is 3.31. The van der Waals surface area contributed by atoms with E-state index in [4.69, 9.17) is 10.8 Å². The molecule has 13 heteroatoms. The van der Waals surface area contributed by atoms with Gasteiger partial charge in [-0.25, -0.2) is 4.79 Å². The summed E-state index contributed by atoms with van der Waals surface area (Å²) in [7, 11) is 0. The Labute approximate surface area is 214 Å². The van der Waals surface area contributed by atoms with E-state index in [2.05, 4.69) is 16.0 Å². The lowest BCUT2D eigenvalue weighted by molar-refractivity contribution is -0.143. The van der Waals surface area contributed by atoms with Crippen LogP contribution in [0.25, 0.3) is 0 Å². The third-order valence-corrected chi connectivity index (χ3v) is 5.89. The number of hydrogen-bond acceptors (Lipinski definition) is 8. The van der Waals surface area contributed by atoms with Crippen LogP contribution in [0.3, 0.4) is 0 Å². The van der Waals surface area contributed by atoms with E-state index in [9.17, 15) is 39.3 Å². The van der Waals surface area contributed by atoms with Crippen molar-refractivity contribution in [3.63, 3.8) is 0 Å². The summed E-state index contributed by atoms with van der Waals surface area (Å²) in [6, 6.07) is 0.294. The highest BCUT2D eigenvalue weighted by atomic mass is 16.4. The number of carbonyl (C=O) groups is 5. The minimum atomic E-state index is -1.61. The number of rotatable bonds is 15. The number of aromatic hydroxyl groups is 1. The van der Waals surface area contributed by atoms with Gasteiger partial charge >= 0.3 is 11.9 Å². The molecule has 0 aromatic heterocycles. The van der Waals surface area contributed by atoms with E-state index in [1.165, 1.54) is 31.2 Å². The molecule has 0 aliphatic heterocycles. The van der Waals surface area contributed by atoms with Crippen molar-refractivity contribution in [2.75, 3.05) is 0 Å². The Kier molecular flexibility index (Phi) is 12.5. The largest absolute Gasteiger partial charge is 0.508 e. The van der Waals surface area contributed by atoms with Crippen molar-refractivity contribution in [3.8, 4) is 5.75 Å². The first kappa shape index (κ1) is 31.3. The van der Waals surface area contributed by atoms with Crippen LogP contribution in [0.4, 0.5) is 0 Å². The maximum absolute atomic E-state index is 12.9. The van der Waals surface area contributed by atoms with Crippen molar-refractivity contribution in [2.45, 2.75) is 76.7 Å². The number of aliphatic hydroxyl groups excluding tert-OH is 1. The lowest BCUT2D eigenvalue weighted by Gasteiger charge is -2.27. The number of carboxylic acid groups (broad SMARTS) is 2. The Morgan fingerprint density at radius 3 is 1.95 bits per heavy atom. The van der Waals surface area contributed by atoms with Crippen LogP contribution in [0.1, 0.15) is 45.6 Å². The first-order valence-electron chi connectivity index (χ1n) is 11.8. The van der Waals surface area contributed by atoms with Gasteiger partial charge in [0.25, 0.3) is 0 Å². The molecule has 0 saturated carbocycles. The van der Waals surface area contributed by atoms with Crippen LogP contribution in [-0.2, 0) is 30.4 Å². The number of carbonyl (C=O) groups excluding carboxylic acids is 3. The second-order valence-electron chi connectivity index (χ2n) is 8.90. The second kappa shape index (κ2) is 14.8. The van der Waals surface area contributed by atoms with Gasteiger partial charge in [0.2, 0.25) is 17.7 Å². The number of nitrogens with one attached hydrogen (secondary N) is 3. The van der Waals surface area contributed by atoms with Gasteiger partial charge in [-0.05, 0) is 37.0 Å². The van der Waals surface area contributed by atoms with Gasteiger partial charge in [-0.1, -0.05) is 32.4 Å². The summed E-state index contributed by atoms with van der Waals surface area (Å²) in [5, 5.41) is 45.0. The Balaban J connectivity index is 3.01. The molecule has 1 aromatic carbocycles. The molecule has 3 amide bonds. The third-order valence-electron chi connectivity index (χ3n) is 5.89. The predicted molar refractivity (Wildman–Crippen MR) is 131 cm³/mol. The minimum Gasteiger partial charge on any atom is -0.508 e. The van der Waals surface area contributed by atoms with E-state index in [0.29, 0.717) is 12.0 Å². The Morgan fingerprint density at radius 2 is 1.46 bits per heavy atom. The van der Waals surface area contributed by atoms with Gasteiger partial charge in [0.15, 0.2) is 0 Å². The van der Waals surface area contributed by atoms with Gasteiger partial charge in [-0.2, -0.15) is 0 Å². The highest BCUT2D eigenvalue weighted by Crippen LogP contribution is 2.12. The van der Waals surface area contributed by atoms with Crippen molar-refractivity contribution >= 4 is 29.7 Å². The molecule has 1 aromatic rings. The van der Waals surface area contributed by atoms with E-state index < -0.39 is 66.4 Å². The summed E-state index contributed by atoms with van der Waals surface area (Å²) in [6.07, 6.45) is -1.82. The summed E-state index contributed by atoms with van der Waals surface area (Å²) < 4.78 is 0. The topological polar surface area (TPSA) is 228 Å². The summed E-state index contributed by atoms with van der Waals surface area (Å²) in [4.78, 5) is 61.0. The molecule has 0 radical (unpaired) electrons. The first-order valence-corrected chi connectivity index (χ1v) is 11.8. The maximum atomic E-state index is 12.9. The summed E-state index contributed by atoms with van der Waals surface area (Å²) >= 11 is 0. The van der Waals surface area contributed by atoms with Crippen LogP contribution in [0.2, 0.25) is 0 Å². The first-order chi connectivity index (χ1) is 17.3. The normalized spacial score (nSPS) is 15.8. The maximum Gasteiger partial charge on any atom is 0.326 e. The van der Waals surface area contributed by atoms with Crippen LogP contribution in [0.5, 0.6) is 5.75 Å². The van der Waals surface area contributed by atoms with Crippen molar-refractivity contribution < 1.29 is 44.4 Å². The molecular formula is C24H36N4O9. The van der Waals surface area contributed by atoms with E-state index in [-0.39, 0.29) is 24.5 Å². The number of phenols is 1. The highest BCUT2D eigenvalue weighted by molar-refractivity contribution is 5.94. The van der Waals surface area contributed by atoms with Crippen LogP contribution < -0.4 is 21.7 Å². The number of benzene rings is 1. The van der Waals surface area contributed by atoms with Crippen molar-refractivity contribution in [2.24, 2.45) is 11.7 Å². The number of aliphatic carboxylic acids is 2. The lowest BCUT2D eigenvalue weighted by Crippen LogP contribution is -2.60. The molecule has 0 spiro atoms. The molecule has 6 atom stereocenters. The number of carboxylic acids is 2. The average molecular weight is 525 g/mol. The summed E-state index contributed by atoms with van der Waals surface area (Å²) in [5.74, 6) is -5.47. The quantitative estimate of drug-likeness (QED) is 0.141. The number of hydrogen-bond donors (Lipinski definition) is 8. The van der Waals surface area contributed by atoms with Gasteiger partial charge in [0.1, 0.15) is 23.9 Å². The number of nitrogens with two attached hydrogens (primary N) is 1. The molecule has 0 aliphatic rings. The molecule has 13 nitrogen and oxygen atoms in total. The van der Waals surface area contributed by atoms with E-state index in [1.54, 1.807) is 6.92 Å². The van der Waals surface area contributed by atoms with Crippen molar-refractivity contribution in [3.05, 3.63) is 29.8 Å². The second-order valence-corrected chi connectivity index (χ2v) is 8.90. The minimum absolute atomic E-state index is 0.0220. The lowest BCUT2D eigenvalue weighted by atomic mass is 9.98. The number of phenolic OH excluding ortho intramolecular Hbond substituents is 1. The fourth-order valence-corrected chi connectivity index (χ4v) is 3.31. The van der Waals surface area contributed by atoms with E-state index >= 15 is 0 Å². The molecule has 0 fully saturated rings. The summed E-state index contributed by atoms with van der Waals surface area (Å²) in [6.45, 7) is 4.76. The smallest absolute Gasteiger partial charge is 0.326 e. The Morgan fingerprint density at radius 1 is 0.892 bits per heavy atom. The molecule has 0 bridgehead atoms. The van der Waals surface area contributed by atoms with Gasteiger partial charge < -0.3 is 42.1 Å². The Hall–Kier alpha value is -3.71. The molecule has 9 N–H and O–H groups in total. The van der Waals surface area contributed by atoms with Gasteiger partial charge in [0.05, 0.1) is 12.1 Å². The summed E-state index contributed by atoms with van der Waals surface area (Å²) in [5.41, 5.74) is 6.39. The SMILES string of the molecule is CCC(C)C(N)C(=O)NC(CCC(=O)O)C(=O)NC(C(=O)NC(Cc1ccc(O)cc1)C(=O)O)C(C)O. The monoisotopic (exact) mass is 524 g/mol. The zero-order valence-corrected chi connectivity index (χ0v) is 21.0. The molecule has 6 unspecified atom stereocenters. The standard InChI is InChI=1S/C24H36N4O9/c1-4-12(2)19(25)22(34)26-16(9-10-18(31)32)21(33)28-20(13(3)29)23(35)27-17(24(36)37)11-14-5-7-15(30)8-6-14/h5-8,12-13,16-17,19-20,29-30H,4,9-11,25H2,1-3H3,(H,26,34)(H,27,35)(H,28,33)(H,31,32)(H,36,37). The molecule has 37 heavy (non-hydrogen) atoms. The van der Waals surface area contributed by atoms with E-state index in [0.717, 1.165) is 0 Å². The van der Waals surface area contributed by atoms with Crippen molar-refractivity contribution in [1.29, 1.82) is 0 Å². The molecular weight excluding hydrogens is 488 g/mol. The third kappa shape index (κ3) is 10.4. The molecule has 206 valence electrons. The molecule has 0 heterocycles. The molecule has 1 rings (SSSR count). The van der Waals surface area contributed by atoms with Gasteiger partial charge in [-0.15, -0.1) is 0 Å².